The molecule has 2 N–H and O–H groups in total. The van der Waals surface area contributed by atoms with Gasteiger partial charge in [0.05, 0.1) is 11.3 Å². The minimum atomic E-state index is 0.801. The van der Waals surface area contributed by atoms with Crippen molar-refractivity contribution in [3.05, 3.63) is 40.2 Å². The predicted molar refractivity (Wildman–Crippen MR) is 59.7 cm³/mol. The first-order chi connectivity index (χ1) is 6.68. The number of thiophene rings is 1. The van der Waals surface area contributed by atoms with Gasteiger partial charge in [-0.15, -0.1) is 11.3 Å². The molecule has 0 radical (unpaired) electrons. The van der Waals surface area contributed by atoms with Gasteiger partial charge in [0, 0.05) is 11.3 Å². The third-order valence-corrected chi connectivity index (χ3v) is 3.55. The van der Waals surface area contributed by atoms with E-state index in [9.17, 15) is 0 Å². The lowest BCUT2D eigenvalue weighted by molar-refractivity contribution is 0.521. The highest BCUT2D eigenvalue weighted by Crippen LogP contribution is 2.31. The average Bonchev–Trinajstić information content (AvgIpc) is 2.71. The molecule has 0 spiro atoms. The molecule has 0 amide bonds. The topological polar surface area (TPSA) is 39.2 Å². The number of anilines is 1. The molecule has 3 heteroatoms. The van der Waals surface area contributed by atoms with Gasteiger partial charge in [0.15, 0.2) is 0 Å². The van der Waals surface area contributed by atoms with E-state index in [1.54, 1.807) is 17.6 Å². The van der Waals surface area contributed by atoms with Crippen LogP contribution in [0.2, 0.25) is 0 Å². The van der Waals surface area contributed by atoms with Crippen molar-refractivity contribution in [3.63, 3.8) is 0 Å². The summed E-state index contributed by atoms with van der Waals surface area (Å²) in [6.45, 7) is 4.21. The highest BCUT2D eigenvalue weighted by Gasteiger charge is 2.11. The Morgan fingerprint density at radius 2 is 2.21 bits per heavy atom. The van der Waals surface area contributed by atoms with Crippen molar-refractivity contribution in [1.29, 1.82) is 0 Å². The Hall–Kier alpha value is -1.22. The van der Waals surface area contributed by atoms with E-state index in [0.717, 1.165) is 17.2 Å². The van der Waals surface area contributed by atoms with Crippen LogP contribution >= 0.6 is 11.3 Å². The Balaban J connectivity index is 2.33. The Morgan fingerprint density at radius 1 is 1.43 bits per heavy atom. The fourth-order valence-electron chi connectivity index (χ4n) is 1.51. The minimum absolute atomic E-state index is 0.801. The minimum Gasteiger partial charge on any atom is -0.469 e. The molecule has 0 fully saturated rings. The van der Waals surface area contributed by atoms with Gasteiger partial charge in [0.1, 0.15) is 5.76 Å². The molecule has 14 heavy (non-hydrogen) atoms. The van der Waals surface area contributed by atoms with Crippen molar-refractivity contribution in [1.82, 2.24) is 0 Å². The fraction of sp³-hybridized carbons (Fsp3) is 0.273. The van der Waals surface area contributed by atoms with Gasteiger partial charge in [-0.3, -0.25) is 0 Å². The second kappa shape index (κ2) is 3.50. The monoisotopic (exact) mass is 207 g/mol. The van der Waals surface area contributed by atoms with Crippen LogP contribution < -0.4 is 5.73 Å². The number of nitrogens with two attached hydrogens (primary N) is 1. The molecule has 0 aliphatic rings. The normalized spacial score (nSPS) is 10.7. The number of furan rings is 1. The Morgan fingerprint density at radius 3 is 2.71 bits per heavy atom. The lowest BCUT2D eigenvalue weighted by atomic mass is 10.1. The maximum Gasteiger partial charge on any atom is 0.108 e. The first-order valence-electron chi connectivity index (χ1n) is 4.55. The highest BCUT2D eigenvalue weighted by atomic mass is 32.1. The van der Waals surface area contributed by atoms with Crippen LogP contribution in [0.4, 0.5) is 5.00 Å². The SMILES string of the molecule is Cc1sc(N)c(Cc2ccco2)c1C. The van der Waals surface area contributed by atoms with Crippen LogP contribution in [0.15, 0.2) is 22.8 Å². The number of hydrogen-bond donors (Lipinski definition) is 1. The largest absolute Gasteiger partial charge is 0.469 e. The summed E-state index contributed by atoms with van der Waals surface area (Å²) in [5.41, 5.74) is 8.44. The van der Waals surface area contributed by atoms with Crippen molar-refractivity contribution in [2.24, 2.45) is 0 Å². The van der Waals surface area contributed by atoms with Crippen molar-refractivity contribution < 1.29 is 4.42 Å². The van der Waals surface area contributed by atoms with Gasteiger partial charge < -0.3 is 10.2 Å². The van der Waals surface area contributed by atoms with E-state index in [0.29, 0.717) is 0 Å². The lowest BCUT2D eigenvalue weighted by Crippen LogP contribution is -1.92. The van der Waals surface area contributed by atoms with Crippen molar-refractivity contribution >= 4 is 16.3 Å². The number of rotatable bonds is 2. The van der Waals surface area contributed by atoms with E-state index >= 15 is 0 Å². The van der Waals surface area contributed by atoms with Crippen molar-refractivity contribution in [2.75, 3.05) is 5.73 Å². The van der Waals surface area contributed by atoms with E-state index in [2.05, 4.69) is 13.8 Å². The zero-order chi connectivity index (χ0) is 10.1. The molecule has 0 aliphatic heterocycles. The van der Waals surface area contributed by atoms with Crippen LogP contribution in [0.5, 0.6) is 0 Å². The number of nitrogen functional groups attached to an aromatic ring is 1. The molecule has 74 valence electrons. The van der Waals surface area contributed by atoms with Gasteiger partial charge in [-0.05, 0) is 37.1 Å². The van der Waals surface area contributed by atoms with Crippen molar-refractivity contribution in [2.45, 2.75) is 20.3 Å². The van der Waals surface area contributed by atoms with Gasteiger partial charge >= 0.3 is 0 Å². The van der Waals surface area contributed by atoms with Gasteiger partial charge in [-0.2, -0.15) is 0 Å². The molecule has 0 aromatic carbocycles. The smallest absolute Gasteiger partial charge is 0.108 e. The quantitative estimate of drug-likeness (QED) is 0.821. The van der Waals surface area contributed by atoms with Crippen LogP contribution in [0.1, 0.15) is 21.8 Å². The first kappa shape index (κ1) is 9.34. The Kier molecular flexibility index (Phi) is 2.33. The van der Waals surface area contributed by atoms with Crippen molar-refractivity contribution in [3.8, 4) is 0 Å². The molecule has 0 unspecified atom stereocenters. The highest BCUT2D eigenvalue weighted by molar-refractivity contribution is 7.16. The zero-order valence-electron chi connectivity index (χ0n) is 8.33. The molecule has 2 heterocycles. The summed E-state index contributed by atoms with van der Waals surface area (Å²) >= 11 is 1.65. The van der Waals surface area contributed by atoms with Crippen LogP contribution in [0, 0.1) is 13.8 Å². The molecule has 0 atom stereocenters. The van der Waals surface area contributed by atoms with Crippen LogP contribution in [-0.4, -0.2) is 0 Å². The summed E-state index contributed by atoms with van der Waals surface area (Å²) in [4.78, 5) is 1.30. The molecular weight excluding hydrogens is 194 g/mol. The van der Waals surface area contributed by atoms with E-state index in [4.69, 9.17) is 10.2 Å². The van der Waals surface area contributed by atoms with E-state index in [-0.39, 0.29) is 0 Å². The molecule has 2 aromatic rings. The molecule has 0 bridgehead atoms. The zero-order valence-corrected chi connectivity index (χ0v) is 9.15. The van der Waals surface area contributed by atoms with Gasteiger partial charge in [-0.1, -0.05) is 0 Å². The molecule has 2 aromatic heterocycles. The summed E-state index contributed by atoms with van der Waals surface area (Å²) in [6, 6.07) is 3.88. The second-order valence-electron chi connectivity index (χ2n) is 3.38. The third kappa shape index (κ3) is 1.55. The predicted octanol–water partition coefficient (Wildman–Crippen LogP) is 3.13. The van der Waals surface area contributed by atoms with E-state index < -0.39 is 0 Å². The standard InChI is InChI=1S/C11H13NOS/c1-7-8(2)14-11(12)10(7)6-9-4-3-5-13-9/h3-5H,6,12H2,1-2H3. The number of aryl methyl sites for hydroxylation is 1. The summed E-state index contributed by atoms with van der Waals surface area (Å²) in [5, 5.41) is 0.913. The van der Waals surface area contributed by atoms with E-state index in [1.165, 1.54) is 16.0 Å². The summed E-state index contributed by atoms with van der Waals surface area (Å²) in [5.74, 6) is 0.970. The van der Waals surface area contributed by atoms with Crippen LogP contribution in [0.25, 0.3) is 0 Å². The lowest BCUT2D eigenvalue weighted by Gasteiger charge is -1.99. The van der Waals surface area contributed by atoms with E-state index in [1.807, 2.05) is 12.1 Å². The van der Waals surface area contributed by atoms with Crippen LogP contribution in [0.3, 0.4) is 0 Å². The fourth-order valence-corrected chi connectivity index (χ4v) is 2.46. The maximum absolute atomic E-state index is 5.94. The summed E-state index contributed by atoms with van der Waals surface area (Å²) < 4.78 is 5.31. The maximum atomic E-state index is 5.94. The summed E-state index contributed by atoms with van der Waals surface area (Å²) in [6.07, 6.45) is 2.50. The van der Waals surface area contributed by atoms with Crippen LogP contribution in [-0.2, 0) is 6.42 Å². The molecule has 0 aliphatic carbocycles. The van der Waals surface area contributed by atoms with Gasteiger partial charge in [0.25, 0.3) is 0 Å². The average molecular weight is 207 g/mol. The second-order valence-corrected chi connectivity index (χ2v) is 4.64. The molecule has 2 nitrogen and oxygen atoms in total. The molecule has 2 rings (SSSR count). The Labute approximate surface area is 87.4 Å². The van der Waals surface area contributed by atoms with Gasteiger partial charge in [-0.25, -0.2) is 0 Å². The molecule has 0 saturated carbocycles. The molecular formula is C11H13NOS. The Bertz CT molecular complexity index is 428. The van der Waals surface area contributed by atoms with Gasteiger partial charge in [0.2, 0.25) is 0 Å². The molecule has 0 saturated heterocycles. The number of hydrogen-bond acceptors (Lipinski definition) is 3. The third-order valence-electron chi connectivity index (χ3n) is 2.47. The summed E-state index contributed by atoms with van der Waals surface area (Å²) in [7, 11) is 0. The first-order valence-corrected chi connectivity index (χ1v) is 5.37.